The predicted molar refractivity (Wildman–Crippen MR) is 63.9 cm³/mol. The van der Waals surface area contributed by atoms with Crippen LogP contribution in [0.4, 0.5) is 0 Å². The number of nitrogens with one attached hydrogen (secondary N) is 2. The molecule has 2 N–H and O–H groups in total. The Kier molecular flexibility index (Phi) is 6.29. The zero-order valence-corrected chi connectivity index (χ0v) is 9.35. The number of hydrogen-bond donors (Lipinski definition) is 2. The van der Waals surface area contributed by atoms with Gasteiger partial charge in [0.05, 0.1) is 11.4 Å². The van der Waals surface area contributed by atoms with E-state index in [4.69, 9.17) is 0 Å². The van der Waals surface area contributed by atoms with Crippen LogP contribution in [0.15, 0.2) is 48.4 Å². The highest BCUT2D eigenvalue weighted by molar-refractivity contribution is 5.41. The summed E-state index contributed by atoms with van der Waals surface area (Å²) in [7, 11) is 1.88. The molecule has 0 bridgehead atoms. The fourth-order valence-electron chi connectivity index (χ4n) is 1.16. The van der Waals surface area contributed by atoms with E-state index in [2.05, 4.69) is 30.7 Å². The standard InChI is InChI=1S/C12H20N2/c1-6-9-11(14-8-3)12(13-5)10(4)7-2/h6-7,9,13-14H,2,4,8H2,1,3,5H3/b9-6-,12-11-. The molecule has 0 radical (unpaired) electrons. The van der Waals surface area contributed by atoms with E-state index < -0.39 is 0 Å². The van der Waals surface area contributed by atoms with Gasteiger partial charge in [0.1, 0.15) is 0 Å². The molecule has 0 saturated heterocycles. The summed E-state index contributed by atoms with van der Waals surface area (Å²) in [6.07, 6.45) is 5.75. The molecule has 0 aliphatic carbocycles. The van der Waals surface area contributed by atoms with E-state index >= 15 is 0 Å². The zero-order valence-electron chi connectivity index (χ0n) is 9.35. The molecule has 0 fully saturated rings. The van der Waals surface area contributed by atoms with Crippen LogP contribution >= 0.6 is 0 Å². The Balaban J connectivity index is 5.05. The molecule has 0 aliphatic heterocycles. The minimum Gasteiger partial charge on any atom is -0.386 e. The second-order valence-corrected chi connectivity index (χ2v) is 2.80. The van der Waals surface area contributed by atoms with Gasteiger partial charge in [-0.25, -0.2) is 0 Å². The van der Waals surface area contributed by atoms with Gasteiger partial charge < -0.3 is 10.6 Å². The van der Waals surface area contributed by atoms with Crippen molar-refractivity contribution in [2.45, 2.75) is 13.8 Å². The van der Waals surface area contributed by atoms with E-state index in [1.807, 2.05) is 26.1 Å². The van der Waals surface area contributed by atoms with Gasteiger partial charge in [-0.2, -0.15) is 0 Å². The third-order valence-electron chi connectivity index (χ3n) is 1.79. The molecule has 0 aromatic rings. The first-order valence-corrected chi connectivity index (χ1v) is 4.81. The summed E-state index contributed by atoms with van der Waals surface area (Å²) in [6.45, 7) is 12.6. The first-order chi connectivity index (χ1) is 6.71. The molecule has 78 valence electrons. The van der Waals surface area contributed by atoms with Crippen LogP contribution < -0.4 is 10.6 Å². The molecule has 0 spiro atoms. The Morgan fingerprint density at radius 3 is 2.43 bits per heavy atom. The lowest BCUT2D eigenvalue weighted by atomic mass is 10.1. The summed E-state index contributed by atoms with van der Waals surface area (Å²) >= 11 is 0. The monoisotopic (exact) mass is 192 g/mol. The van der Waals surface area contributed by atoms with E-state index in [0.717, 1.165) is 23.5 Å². The van der Waals surface area contributed by atoms with Crippen molar-refractivity contribution in [1.29, 1.82) is 0 Å². The van der Waals surface area contributed by atoms with Crippen LogP contribution in [-0.2, 0) is 0 Å². The third-order valence-corrected chi connectivity index (χ3v) is 1.79. The Morgan fingerprint density at radius 2 is 2.07 bits per heavy atom. The molecule has 0 saturated carbocycles. The molecule has 2 nitrogen and oxygen atoms in total. The maximum atomic E-state index is 3.92. The molecule has 0 aromatic carbocycles. The first kappa shape index (κ1) is 12.6. The number of allylic oxidation sites excluding steroid dienone is 3. The van der Waals surface area contributed by atoms with E-state index in [0.29, 0.717) is 0 Å². The van der Waals surface area contributed by atoms with Crippen molar-refractivity contribution in [2.75, 3.05) is 13.6 Å². The summed E-state index contributed by atoms with van der Waals surface area (Å²) in [5, 5.41) is 6.39. The normalized spacial score (nSPS) is 12.2. The Morgan fingerprint density at radius 1 is 1.43 bits per heavy atom. The van der Waals surface area contributed by atoms with Gasteiger partial charge in [-0.1, -0.05) is 25.3 Å². The summed E-state index contributed by atoms with van der Waals surface area (Å²) in [6, 6.07) is 0. The van der Waals surface area contributed by atoms with Gasteiger partial charge in [-0.3, -0.25) is 0 Å². The molecule has 0 heterocycles. The van der Waals surface area contributed by atoms with Crippen LogP contribution in [0, 0.1) is 0 Å². The second-order valence-electron chi connectivity index (χ2n) is 2.80. The van der Waals surface area contributed by atoms with Crippen LogP contribution in [0.3, 0.4) is 0 Å². The minimum absolute atomic E-state index is 0.884. The molecule has 0 unspecified atom stereocenters. The van der Waals surface area contributed by atoms with Crippen molar-refractivity contribution in [3.8, 4) is 0 Å². The Hall–Kier alpha value is -1.44. The lowest BCUT2D eigenvalue weighted by Crippen LogP contribution is -2.19. The molecular formula is C12H20N2. The van der Waals surface area contributed by atoms with Crippen LogP contribution in [-0.4, -0.2) is 13.6 Å². The molecule has 2 heteroatoms. The highest BCUT2D eigenvalue weighted by Crippen LogP contribution is 2.10. The number of rotatable bonds is 6. The van der Waals surface area contributed by atoms with E-state index in [9.17, 15) is 0 Å². The van der Waals surface area contributed by atoms with Crippen molar-refractivity contribution >= 4 is 0 Å². The van der Waals surface area contributed by atoms with Crippen LogP contribution in [0.1, 0.15) is 13.8 Å². The van der Waals surface area contributed by atoms with Gasteiger partial charge >= 0.3 is 0 Å². The summed E-state index contributed by atoms with van der Waals surface area (Å²) in [5.74, 6) is 0. The predicted octanol–water partition coefficient (Wildman–Crippen LogP) is 2.35. The van der Waals surface area contributed by atoms with Crippen molar-refractivity contribution in [2.24, 2.45) is 0 Å². The topological polar surface area (TPSA) is 24.1 Å². The number of likely N-dealkylation sites (N-methyl/N-ethyl adjacent to an activating group) is 2. The molecule has 0 amide bonds. The fraction of sp³-hybridized carbons (Fsp3) is 0.333. The maximum Gasteiger partial charge on any atom is 0.0640 e. The van der Waals surface area contributed by atoms with E-state index in [-0.39, 0.29) is 0 Å². The van der Waals surface area contributed by atoms with Crippen molar-refractivity contribution in [3.63, 3.8) is 0 Å². The van der Waals surface area contributed by atoms with Gasteiger partial charge in [-0.05, 0) is 25.5 Å². The van der Waals surface area contributed by atoms with Gasteiger partial charge in [-0.15, -0.1) is 0 Å². The van der Waals surface area contributed by atoms with E-state index in [1.54, 1.807) is 6.08 Å². The molecule has 0 atom stereocenters. The largest absolute Gasteiger partial charge is 0.386 e. The number of hydrogen-bond acceptors (Lipinski definition) is 2. The molecule has 0 aliphatic rings. The van der Waals surface area contributed by atoms with Crippen LogP contribution in [0.25, 0.3) is 0 Å². The van der Waals surface area contributed by atoms with Crippen molar-refractivity contribution in [3.05, 3.63) is 48.4 Å². The van der Waals surface area contributed by atoms with Crippen LogP contribution in [0.2, 0.25) is 0 Å². The quantitative estimate of drug-likeness (QED) is 0.631. The first-order valence-electron chi connectivity index (χ1n) is 4.81. The average molecular weight is 192 g/mol. The van der Waals surface area contributed by atoms with Gasteiger partial charge in [0, 0.05) is 13.6 Å². The fourth-order valence-corrected chi connectivity index (χ4v) is 1.16. The Bertz CT molecular complexity index is 259. The lowest BCUT2D eigenvalue weighted by Gasteiger charge is -2.13. The van der Waals surface area contributed by atoms with Gasteiger partial charge in [0.25, 0.3) is 0 Å². The summed E-state index contributed by atoms with van der Waals surface area (Å²) in [4.78, 5) is 0. The van der Waals surface area contributed by atoms with Crippen molar-refractivity contribution < 1.29 is 0 Å². The minimum atomic E-state index is 0.884. The molecule has 0 aromatic heterocycles. The maximum absolute atomic E-state index is 3.92. The zero-order chi connectivity index (χ0) is 11.0. The lowest BCUT2D eigenvalue weighted by molar-refractivity contribution is 0.839. The van der Waals surface area contributed by atoms with E-state index in [1.165, 1.54) is 0 Å². The van der Waals surface area contributed by atoms with Crippen LogP contribution in [0.5, 0.6) is 0 Å². The molecule has 0 rings (SSSR count). The molecular weight excluding hydrogens is 172 g/mol. The second kappa shape index (κ2) is 7.01. The highest BCUT2D eigenvalue weighted by Gasteiger charge is 2.02. The van der Waals surface area contributed by atoms with Gasteiger partial charge in [0.15, 0.2) is 0 Å². The SMILES string of the molecule is C=CC(=C)/C(NC)=C(\C=C/C)NCC. The Labute approximate surface area is 87.1 Å². The smallest absolute Gasteiger partial charge is 0.0640 e. The highest BCUT2D eigenvalue weighted by atomic mass is 14.9. The summed E-state index contributed by atoms with van der Waals surface area (Å²) in [5.41, 5.74) is 2.92. The average Bonchev–Trinajstić information content (AvgIpc) is 2.19. The molecule has 14 heavy (non-hydrogen) atoms. The third kappa shape index (κ3) is 3.52. The van der Waals surface area contributed by atoms with Crippen molar-refractivity contribution in [1.82, 2.24) is 10.6 Å². The van der Waals surface area contributed by atoms with Gasteiger partial charge in [0.2, 0.25) is 0 Å². The summed E-state index contributed by atoms with van der Waals surface area (Å²) < 4.78 is 0.